The third-order valence-electron chi connectivity index (χ3n) is 2.00. The van der Waals surface area contributed by atoms with Crippen molar-refractivity contribution in [2.45, 2.75) is 18.9 Å². The van der Waals surface area contributed by atoms with Gasteiger partial charge in [-0.3, -0.25) is 0 Å². The lowest BCUT2D eigenvalue weighted by Gasteiger charge is -2.22. The standard InChI is InChI=1S/C10H16N2O2/c1-10(11,7-13)6-8-4-3-5-12-9(8)14-2/h3-5,13H,6-7,11H2,1-2H3. The highest BCUT2D eigenvalue weighted by Gasteiger charge is 2.19. The summed E-state index contributed by atoms with van der Waals surface area (Å²) in [6, 6.07) is 3.72. The summed E-state index contributed by atoms with van der Waals surface area (Å²) in [5.41, 5.74) is 6.12. The predicted octanol–water partition coefficient (Wildman–Crippen LogP) is 0.342. The Morgan fingerprint density at radius 1 is 1.64 bits per heavy atom. The highest BCUT2D eigenvalue weighted by molar-refractivity contribution is 5.27. The lowest BCUT2D eigenvalue weighted by atomic mass is 9.95. The Bertz CT molecular complexity index is 300. The Balaban J connectivity index is 2.85. The molecule has 4 nitrogen and oxygen atoms in total. The molecule has 1 atom stereocenters. The summed E-state index contributed by atoms with van der Waals surface area (Å²) in [4.78, 5) is 4.06. The molecule has 1 aromatic rings. The van der Waals surface area contributed by atoms with Crippen molar-refractivity contribution in [2.24, 2.45) is 5.73 Å². The van der Waals surface area contributed by atoms with E-state index in [1.54, 1.807) is 20.2 Å². The number of nitrogens with zero attached hydrogens (tertiary/aromatic N) is 1. The summed E-state index contributed by atoms with van der Waals surface area (Å²) in [6.07, 6.45) is 2.20. The van der Waals surface area contributed by atoms with Crippen molar-refractivity contribution in [3.63, 3.8) is 0 Å². The molecule has 1 aromatic heterocycles. The fourth-order valence-electron chi connectivity index (χ4n) is 1.23. The molecule has 0 aliphatic rings. The second-order valence-electron chi connectivity index (χ2n) is 3.66. The zero-order chi connectivity index (χ0) is 10.6. The number of pyridine rings is 1. The largest absolute Gasteiger partial charge is 0.481 e. The number of ether oxygens (including phenoxy) is 1. The molecule has 0 saturated carbocycles. The van der Waals surface area contributed by atoms with Crippen molar-refractivity contribution in [3.8, 4) is 5.88 Å². The maximum atomic E-state index is 9.03. The molecule has 0 bridgehead atoms. The maximum Gasteiger partial charge on any atom is 0.216 e. The van der Waals surface area contributed by atoms with Gasteiger partial charge in [0.2, 0.25) is 5.88 Å². The van der Waals surface area contributed by atoms with Crippen molar-refractivity contribution in [1.82, 2.24) is 4.98 Å². The van der Waals surface area contributed by atoms with Gasteiger partial charge in [-0.05, 0) is 19.4 Å². The molecule has 4 heteroatoms. The Hall–Kier alpha value is -1.13. The number of aromatic nitrogens is 1. The van der Waals surface area contributed by atoms with Crippen molar-refractivity contribution in [2.75, 3.05) is 13.7 Å². The van der Waals surface area contributed by atoms with Crippen LogP contribution in [0.1, 0.15) is 12.5 Å². The number of hydrogen-bond donors (Lipinski definition) is 2. The van der Waals surface area contributed by atoms with Gasteiger partial charge in [-0.25, -0.2) is 4.98 Å². The Labute approximate surface area is 83.7 Å². The van der Waals surface area contributed by atoms with Crippen LogP contribution in [0.25, 0.3) is 0 Å². The first-order valence-corrected chi connectivity index (χ1v) is 4.47. The quantitative estimate of drug-likeness (QED) is 0.728. The lowest BCUT2D eigenvalue weighted by Crippen LogP contribution is -2.42. The van der Waals surface area contributed by atoms with E-state index in [4.69, 9.17) is 15.6 Å². The number of nitrogens with two attached hydrogens (primary N) is 1. The van der Waals surface area contributed by atoms with Gasteiger partial charge in [0.25, 0.3) is 0 Å². The Morgan fingerprint density at radius 2 is 2.36 bits per heavy atom. The van der Waals surface area contributed by atoms with Crippen LogP contribution in [-0.4, -0.2) is 29.3 Å². The Morgan fingerprint density at radius 3 is 2.93 bits per heavy atom. The molecule has 1 rings (SSSR count). The molecule has 3 N–H and O–H groups in total. The summed E-state index contributed by atoms with van der Waals surface area (Å²) in [7, 11) is 1.57. The molecule has 0 radical (unpaired) electrons. The molecule has 0 saturated heterocycles. The van der Waals surface area contributed by atoms with Crippen LogP contribution in [0.15, 0.2) is 18.3 Å². The third kappa shape index (κ3) is 2.68. The van der Waals surface area contributed by atoms with Gasteiger partial charge in [0, 0.05) is 17.3 Å². The molecule has 1 unspecified atom stereocenters. The first kappa shape index (κ1) is 10.9. The summed E-state index contributed by atoms with van der Waals surface area (Å²) >= 11 is 0. The maximum absolute atomic E-state index is 9.03. The minimum atomic E-state index is -0.629. The zero-order valence-corrected chi connectivity index (χ0v) is 8.53. The van der Waals surface area contributed by atoms with Crippen LogP contribution >= 0.6 is 0 Å². The fraction of sp³-hybridized carbons (Fsp3) is 0.500. The highest BCUT2D eigenvalue weighted by Crippen LogP contribution is 2.18. The fourth-order valence-corrected chi connectivity index (χ4v) is 1.23. The molecule has 0 aliphatic heterocycles. The predicted molar refractivity (Wildman–Crippen MR) is 54.2 cm³/mol. The number of aliphatic hydroxyl groups is 1. The topological polar surface area (TPSA) is 68.4 Å². The molecule has 78 valence electrons. The highest BCUT2D eigenvalue weighted by atomic mass is 16.5. The molecule has 14 heavy (non-hydrogen) atoms. The van der Waals surface area contributed by atoms with Gasteiger partial charge in [-0.15, -0.1) is 0 Å². The first-order valence-electron chi connectivity index (χ1n) is 4.47. The summed E-state index contributed by atoms with van der Waals surface area (Å²) in [5.74, 6) is 0.567. The molecular formula is C10H16N2O2. The van der Waals surface area contributed by atoms with E-state index in [1.807, 2.05) is 12.1 Å². The number of methoxy groups -OCH3 is 1. The van der Waals surface area contributed by atoms with E-state index >= 15 is 0 Å². The second-order valence-corrected chi connectivity index (χ2v) is 3.66. The smallest absolute Gasteiger partial charge is 0.216 e. The first-order chi connectivity index (χ1) is 6.59. The van der Waals surface area contributed by atoms with E-state index in [2.05, 4.69) is 4.98 Å². The SMILES string of the molecule is COc1ncccc1CC(C)(N)CO. The van der Waals surface area contributed by atoms with Gasteiger partial charge in [0.1, 0.15) is 0 Å². The molecule has 0 amide bonds. The van der Waals surface area contributed by atoms with Gasteiger partial charge in [-0.1, -0.05) is 6.07 Å². The van der Waals surface area contributed by atoms with E-state index in [0.717, 1.165) is 5.56 Å². The van der Waals surface area contributed by atoms with E-state index in [9.17, 15) is 0 Å². The van der Waals surface area contributed by atoms with E-state index in [0.29, 0.717) is 12.3 Å². The lowest BCUT2D eigenvalue weighted by molar-refractivity contribution is 0.207. The summed E-state index contributed by atoms with van der Waals surface area (Å²) < 4.78 is 5.09. The minimum Gasteiger partial charge on any atom is -0.481 e. The van der Waals surface area contributed by atoms with Crippen molar-refractivity contribution in [1.29, 1.82) is 0 Å². The minimum absolute atomic E-state index is 0.0644. The monoisotopic (exact) mass is 196 g/mol. The average Bonchev–Trinajstić information content (AvgIpc) is 2.18. The molecule has 0 fully saturated rings. The van der Waals surface area contributed by atoms with E-state index in [1.165, 1.54) is 0 Å². The number of hydrogen-bond acceptors (Lipinski definition) is 4. The van der Waals surface area contributed by atoms with E-state index in [-0.39, 0.29) is 6.61 Å². The number of aliphatic hydroxyl groups excluding tert-OH is 1. The molecular weight excluding hydrogens is 180 g/mol. The molecule has 1 heterocycles. The Kier molecular flexibility index (Phi) is 3.43. The van der Waals surface area contributed by atoms with Crippen LogP contribution in [0, 0.1) is 0 Å². The molecule has 0 aliphatic carbocycles. The molecule has 0 spiro atoms. The summed E-state index contributed by atoms with van der Waals surface area (Å²) in [6.45, 7) is 1.73. The van der Waals surface area contributed by atoms with Gasteiger partial charge in [-0.2, -0.15) is 0 Å². The van der Waals surface area contributed by atoms with Crippen molar-refractivity contribution < 1.29 is 9.84 Å². The van der Waals surface area contributed by atoms with Gasteiger partial charge >= 0.3 is 0 Å². The van der Waals surface area contributed by atoms with Crippen molar-refractivity contribution >= 4 is 0 Å². The normalized spacial score (nSPS) is 14.9. The second kappa shape index (κ2) is 4.39. The van der Waals surface area contributed by atoms with Gasteiger partial charge in [0.15, 0.2) is 0 Å². The van der Waals surface area contributed by atoms with Crippen LogP contribution < -0.4 is 10.5 Å². The van der Waals surface area contributed by atoms with Gasteiger partial charge < -0.3 is 15.6 Å². The zero-order valence-electron chi connectivity index (χ0n) is 8.53. The van der Waals surface area contributed by atoms with Crippen LogP contribution in [-0.2, 0) is 6.42 Å². The third-order valence-corrected chi connectivity index (χ3v) is 2.00. The van der Waals surface area contributed by atoms with Crippen LogP contribution in [0.3, 0.4) is 0 Å². The average molecular weight is 196 g/mol. The molecule has 0 aromatic carbocycles. The van der Waals surface area contributed by atoms with E-state index < -0.39 is 5.54 Å². The summed E-state index contributed by atoms with van der Waals surface area (Å²) in [5, 5.41) is 9.03. The van der Waals surface area contributed by atoms with Crippen molar-refractivity contribution in [3.05, 3.63) is 23.9 Å². The van der Waals surface area contributed by atoms with Crippen LogP contribution in [0.2, 0.25) is 0 Å². The number of rotatable bonds is 4. The van der Waals surface area contributed by atoms with Crippen LogP contribution in [0.5, 0.6) is 5.88 Å². The van der Waals surface area contributed by atoms with Crippen LogP contribution in [0.4, 0.5) is 0 Å². The van der Waals surface area contributed by atoms with Gasteiger partial charge in [0.05, 0.1) is 13.7 Å².